The molecule has 2 aromatic carbocycles. The van der Waals surface area contributed by atoms with Crippen molar-refractivity contribution < 1.29 is 9.84 Å². The molecule has 152 valence electrons. The fraction of sp³-hybridized carbons (Fsp3) is 0.261. The van der Waals surface area contributed by atoms with E-state index in [0.29, 0.717) is 30.8 Å². The second-order valence-corrected chi connectivity index (χ2v) is 8.13. The van der Waals surface area contributed by atoms with Crippen LogP contribution >= 0.6 is 0 Å². The van der Waals surface area contributed by atoms with Crippen molar-refractivity contribution in [2.24, 2.45) is 0 Å². The van der Waals surface area contributed by atoms with Gasteiger partial charge < -0.3 is 15.6 Å². The van der Waals surface area contributed by atoms with E-state index in [1.54, 1.807) is 4.52 Å². The first-order chi connectivity index (χ1) is 14.5. The Morgan fingerprint density at radius 2 is 1.97 bits per heavy atom. The molecule has 0 atom stereocenters. The van der Waals surface area contributed by atoms with Gasteiger partial charge in [-0.05, 0) is 37.5 Å². The average Bonchev–Trinajstić information content (AvgIpc) is 3.12. The monoisotopic (exact) mass is 401 g/mol. The van der Waals surface area contributed by atoms with Crippen LogP contribution in [0.15, 0.2) is 60.9 Å². The van der Waals surface area contributed by atoms with Crippen LogP contribution in [0.2, 0.25) is 0 Å². The number of hydrogen-bond donors (Lipinski definition) is 2. The fourth-order valence-corrected chi connectivity index (χ4v) is 4.10. The summed E-state index contributed by atoms with van der Waals surface area (Å²) in [5.41, 5.74) is 8.94. The summed E-state index contributed by atoms with van der Waals surface area (Å²) in [5, 5.41) is 14.6. The maximum absolute atomic E-state index is 10.2. The number of benzene rings is 2. The Bertz CT molecular complexity index is 1190. The molecule has 2 heterocycles. The third kappa shape index (κ3) is 3.37. The van der Waals surface area contributed by atoms with Crippen LogP contribution < -0.4 is 10.5 Å². The molecule has 0 bridgehead atoms. The fourth-order valence-electron chi connectivity index (χ4n) is 4.10. The summed E-state index contributed by atoms with van der Waals surface area (Å²) in [5.74, 6) is 2.06. The highest BCUT2D eigenvalue weighted by Crippen LogP contribution is 2.45. The van der Waals surface area contributed by atoms with E-state index in [-0.39, 0.29) is 5.92 Å². The third-order valence-electron chi connectivity index (χ3n) is 5.58. The van der Waals surface area contributed by atoms with Crippen molar-refractivity contribution in [3.05, 3.63) is 72.3 Å². The molecule has 30 heavy (non-hydrogen) atoms. The minimum absolute atomic E-state index is 0.132. The minimum Gasteiger partial charge on any atom is -0.489 e. The van der Waals surface area contributed by atoms with Gasteiger partial charge in [-0.25, -0.2) is 14.5 Å². The van der Waals surface area contributed by atoms with Crippen LogP contribution in [0.4, 0.5) is 5.82 Å². The van der Waals surface area contributed by atoms with Crippen molar-refractivity contribution in [1.82, 2.24) is 19.6 Å². The second kappa shape index (κ2) is 7.11. The summed E-state index contributed by atoms with van der Waals surface area (Å²) in [6.07, 6.45) is 2.73. The molecule has 0 unspecified atom stereocenters. The molecule has 0 amide bonds. The summed E-state index contributed by atoms with van der Waals surface area (Å²) in [7, 11) is 0. The lowest BCUT2D eigenvalue weighted by Gasteiger charge is -2.39. The molecule has 4 aromatic rings. The van der Waals surface area contributed by atoms with Crippen molar-refractivity contribution in [2.75, 3.05) is 5.73 Å². The van der Waals surface area contributed by atoms with E-state index < -0.39 is 5.60 Å². The van der Waals surface area contributed by atoms with Crippen LogP contribution in [0.1, 0.15) is 37.1 Å². The van der Waals surface area contributed by atoms with Crippen LogP contribution in [-0.2, 0) is 6.61 Å². The number of nitrogens with zero attached hydrogens (tertiary/aromatic N) is 4. The number of aliphatic hydroxyl groups is 1. The molecule has 0 spiro atoms. The zero-order chi connectivity index (χ0) is 20.7. The number of fused-ring (bicyclic) bond motifs is 1. The van der Waals surface area contributed by atoms with Crippen LogP contribution in [0.5, 0.6) is 5.75 Å². The molecule has 1 saturated carbocycles. The highest BCUT2D eigenvalue weighted by molar-refractivity contribution is 5.85. The highest BCUT2D eigenvalue weighted by Gasteiger charge is 2.42. The maximum atomic E-state index is 10.2. The van der Waals surface area contributed by atoms with Crippen LogP contribution in [0.3, 0.4) is 0 Å². The van der Waals surface area contributed by atoms with E-state index in [4.69, 9.17) is 15.5 Å². The topological polar surface area (TPSA) is 98.6 Å². The average molecular weight is 401 g/mol. The molecule has 5 rings (SSSR count). The number of nitrogens with two attached hydrogens (primary N) is 1. The van der Waals surface area contributed by atoms with Gasteiger partial charge in [-0.3, -0.25) is 0 Å². The second-order valence-electron chi connectivity index (χ2n) is 8.13. The maximum Gasteiger partial charge on any atom is 0.153 e. The van der Waals surface area contributed by atoms with Gasteiger partial charge in [0.05, 0.1) is 5.60 Å². The normalized spacial score (nSPS) is 20.8. The van der Waals surface area contributed by atoms with E-state index in [0.717, 1.165) is 28.4 Å². The lowest BCUT2D eigenvalue weighted by Crippen LogP contribution is -2.40. The van der Waals surface area contributed by atoms with E-state index in [9.17, 15) is 5.11 Å². The van der Waals surface area contributed by atoms with Crippen LogP contribution in [0, 0.1) is 0 Å². The Balaban J connectivity index is 1.50. The van der Waals surface area contributed by atoms with Gasteiger partial charge in [-0.1, -0.05) is 42.5 Å². The first-order valence-electron chi connectivity index (χ1n) is 9.99. The summed E-state index contributed by atoms with van der Waals surface area (Å²) < 4.78 is 7.74. The van der Waals surface area contributed by atoms with Gasteiger partial charge >= 0.3 is 0 Å². The summed E-state index contributed by atoms with van der Waals surface area (Å²) in [6, 6.07) is 17.8. The Labute approximate surface area is 174 Å². The first kappa shape index (κ1) is 18.6. The quantitative estimate of drug-likeness (QED) is 0.530. The predicted octanol–water partition coefficient (Wildman–Crippen LogP) is 3.58. The van der Waals surface area contributed by atoms with Gasteiger partial charge in [0.15, 0.2) is 5.82 Å². The smallest absolute Gasteiger partial charge is 0.153 e. The van der Waals surface area contributed by atoms with Crippen LogP contribution in [0.25, 0.3) is 16.8 Å². The van der Waals surface area contributed by atoms with Crippen molar-refractivity contribution in [2.45, 2.75) is 37.9 Å². The standard InChI is InChI=1S/C23H23N5O2/c1-23(29)11-17(12-23)22-27-19(20-21(24)25-14-26-28(20)22)16-8-5-9-18(10-16)30-13-15-6-3-2-4-7-15/h2-10,14,17,29H,11-13H2,1H3,(H2,24,25,26). The van der Waals surface area contributed by atoms with Crippen molar-refractivity contribution in [3.8, 4) is 17.0 Å². The number of rotatable bonds is 5. The Kier molecular flexibility index (Phi) is 4.40. The van der Waals surface area contributed by atoms with Crippen molar-refractivity contribution >= 4 is 11.3 Å². The number of aromatic nitrogens is 4. The molecule has 0 aliphatic heterocycles. The van der Waals surface area contributed by atoms with Gasteiger partial charge in [0.1, 0.15) is 35.7 Å². The minimum atomic E-state index is -0.652. The molecule has 7 heteroatoms. The molecular weight excluding hydrogens is 378 g/mol. The van der Waals surface area contributed by atoms with Crippen molar-refractivity contribution in [3.63, 3.8) is 0 Å². The molecule has 1 fully saturated rings. The number of nitrogen functional groups attached to an aromatic ring is 1. The molecule has 3 N–H and O–H groups in total. The largest absolute Gasteiger partial charge is 0.489 e. The number of anilines is 1. The van der Waals surface area contributed by atoms with E-state index >= 15 is 0 Å². The number of hydrogen-bond acceptors (Lipinski definition) is 6. The Morgan fingerprint density at radius 3 is 2.73 bits per heavy atom. The van der Waals surface area contributed by atoms with Gasteiger partial charge in [-0.15, -0.1) is 0 Å². The Hall–Kier alpha value is -3.45. The van der Waals surface area contributed by atoms with E-state index in [1.807, 2.05) is 61.5 Å². The van der Waals surface area contributed by atoms with Crippen molar-refractivity contribution in [1.29, 1.82) is 0 Å². The Morgan fingerprint density at radius 1 is 1.17 bits per heavy atom. The van der Waals surface area contributed by atoms with E-state index in [1.165, 1.54) is 6.33 Å². The predicted molar refractivity (Wildman–Crippen MR) is 114 cm³/mol. The lowest BCUT2D eigenvalue weighted by molar-refractivity contribution is -0.0337. The molecule has 2 aromatic heterocycles. The SMILES string of the molecule is CC1(O)CC(c2nc(-c3cccc(OCc4ccccc4)c3)c3c(N)ncnn23)C1. The lowest BCUT2D eigenvalue weighted by atomic mass is 9.72. The molecule has 0 radical (unpaired) electrons. The third-order valence-corrected chi connectivity index (χ3v) is 5.58. The molecule has 1 aliphatic rings. The van der Waals surface area contributed by atoms with Gasteiger partial charge in [0.2, 0.25) is 0 Å². The summed E-state index contributed by atoms with van der Waals surface area (Å²) in [4.78, 5) is 9.04. The van der Waals surface area contributed by atoms with Gasteiger partial charge in [-0.2, -0.15) is 5.10 Å². The molecular formula is C23H23N5O2. The summed E-state index contributed by atoms with van der Waals surface area (Å²) >= 11 is 0. The zero-order valence-electron chi connectivity index (χ0n) is 16.7. The molecule has 1 aliphatic carbocycles. The van der Waals surface area contributed by atoms with Gasteiger partial charge in [0.25, 0.3) is 0 Å². The van der Waals surface area contributed by atoms with Gasteiger partial charge in [0, 0.05) is 11.5 Å². The first-order valence-corrected chi connectivity index (χ1v) is 9.99. The highest BCUT2D eigenvalue weighted by atomic mass is 16.5. The summed E-state index contributed by atoms with van der Waals surface area (Å²) in [6.45, 7) is 2.33. The number of imidazole rings is 1. The molecule has 7 nitrogen and oxygen atoms in total. The van der Waals surface area contributed by atoms with E-state index in [2.05, 4.69) is 10.1 Å². The molecule has 0 saturated heterocycles. The number of ether oxygens (including phenoxy) is 1. The van der Waals surface area contributed by atoms with Crippen LogP contribution in [-0.4, -0.2) is 30.3 Å². The zero-order valence-corrected chi connectivity index (χ0v) is 16.7.